The second-order valence-electron chi connectivity index (χ2n) is 5.50. The molecule has 1 aliphatic rings. The number of cyclic esters (lactones) is 1. The molecule has 0 saturated carbocycles. The van der Waals surface area contributed by atoms with Gasteiger partial charge in [0.25, 0.3) is 0 Å². The van der Waals surface area contributed by atoms with Crippen molar-refractivity contribution in [1.82, 2.24) is 0 Å². The monoisotopic (exact) mass is 396 g/mol. The van der Waals surface area contributed by atoms with E-state index in [9.17, 15) is 18.0 Å². The summed E-state index contributed by atoms with van der Waals surface area (Å²) in [5, 5.41) is 0. The normalized spacial score (nSPS) is 21.0. The fourth-order valence-electron chi connectivity index (χ4n) is 2.77. The summed E-state index contributed by atoms with van der Waals surface area (Å²) in [6.07, 6.45) is -5.10. The van der Waals surface area contributed by atoms with Gasteiger partial charge in [0.15, 0.2) is 0 Å². The molecule has 2 aromatic carbocycles. The molecule has 0 spiro atoms. The predicted octanol–water partition coefficient (Wildman–Crippen LogP) is 5.41. The summed E-state index contributed by atoms with van der Waals surface area (Å²) in [5.41, 5.74) is 0.858. The molecule has 0 radical (unpaired) electrons. The molecule has 0 amide bonds. The lowest BCUT2D eigenvalue weighted by atomic mass is 9.86. The van der Waals surface area contributed by atoms with Crippen molar-refractivity contribution in [2.75, 3.05) is 0 Å². The Morgan fingerprint density at radius 1 is 1.04 bits per heavy atom. The third-order valence-electron chi connectivity index (χ3n) is 3.95. The third-order valence-corrected chi connectivity index (χ3v) is 4.44. The van der Waals surface area contributed by atoms with Gasteiger partial charge in [0.1, 0.15) is 6.10 Å². The summed E-state index contributed by atoms with van der Waals surface area (Å²) >= 11 is 3.37. The van der Waals surface area contributed by atoms with E-state index in [1.165, 1.54) is 12.1 Å². The Kier molecular flexibility index (Phi) is 4.25. The van der Waals surface area contributed by atoms with Crippen molar-refractivity contribution in [3.63, 3.8) is 0 Å². The lowest BCUT2D eigenvalue weighted by Gasteiger charge is -2.19. The molecule has 24 heavy (non-hydrogen) atoms. The molecule has 124 valence electrons. The van der Waals surface area contributed by atoms with Crippen LogP contribution in [0.15, 0.2) is 65.2 Å². The number of esters is 1. The highest BCUT2D eigenvalue weighted by Crippen LogP contribution is 2.45. The SMILES string of the molecule is C=C1C(=O)O[C@H](c2ccc(C(F)(F)F)cc2)[C@@H]1c1cccc(Br)c1. The number of hydrogen-bond donors (Lipinski definition) is 0. The van der Waals surface area contributed by atoms with Crippen molar-refractivity contribution >= 4 is 21.9 Å². The quantitative estimate of drug-likeness (QED) is 0.501. The number of rotatable bonds is 2. The summed E-state index contributed by atoms with van der Waals surface area (Å²) in [6.45, 7) is 3.79. The van der Waals surface area contributed by atoms with Gasteiger partial charge in [-0.1, -0.05) is 46.8 Å². The van der Waals surface area contributed by atoms with Gasteiger partial charge < -0.3 is 4.74 Å². The average molecular weight is 397 g/mol. The van der Waals surface area contributed by atoms with Crippen molar-refractivity contribution in [3.8, 4) is 0 Å². The number of carbonyl (C=O) groups excluding carboxylic acids is 1. The molecule has 1 fully saturated rings. The van der Waals surface area contributed by atoms with E-state index in [2.05, 4.69) is 22.5 Å². The van der Waals surface area contributed by atoms with Gasteiger partial charge in [-0.2, -0.15) is 13.2 Å². The Hall–Kier alpha value is -2.08. The van der Waals surface area contributed by atoms with E-state index in [1.54, 1.807) is 0 Å². The Balaban J connectivity index is 1.99. The number of carbonyl (C=O) groups is 1. The van der Waals surface area contributed by atoms with Crippen LogP contribution in [0.4, 0.5) is 13.2 Å². The smallest absolute Gasteiger partial charge is 0.416 e. The maximum atomic E-state index is 12.7. The number of alkyl halides is 3. The van der Waals surface area contributed by atoms with Crippen LogP contribution in [-0.4, -0.2) is 5.97 Å². The Morgan fingerprint density at radius 2 is 1.71 bits per heavy atom. The zero-order valence-corrected chi connectivity index (χ0v) is 13.9. The van der Waals surface area contributed by atoms with Crippen molar-refractivity contribution < 1.29 is 22.7 Å². The van der Waals surface area contributed by atoms with E-state index in [4.69, 9.17) is 4.74 Å². The number of benzene rings is 2. The van der Waals surface area contributed by atoms with Crippen molar-refractivity contribution in [2.24, 2.45) is 0 Å². The van der Waals surface area contributed by atoms with E-state index in [-0.39, 0.29) is 5.57 Å². The maximum Gasteiger partial charge on any atom is 0.416 e. The molecule has 2 aromatic rings. The molecular formula is C18H12BrF3O2. The van der Waals surface area contributed by atoms with E-state index in [0.29, 0.717) is 5.56 Å². The van der Waals surface area contributed by atoms with Crippen LogP contribution in [-0.2, 0) is 15.7 Å². The summed E-state index contributed by atoms with van der Waals surface area (Å²) in [4.78, 5) is 11.9. The standard InChI is InChI=1S/C18H12BrF3O2/c1-10-15(12-3-2-4-14(19)9-12)16(24-17(10)23)11-5-7-13(8-6-11)18(20,21)22/h2-9,15-16H,1H2/t15-,16+/m0/s1. The summed E-state index contributed by atoms with van der Waals surface area (Å²) in [5.74, 6) is -0.975. The molecule has 0 aliphatic carbocycles. The highest BCUT2D eigenvalue weighted by Gasteiger charge is 2.41. The summed E-state index contributed by atoms with van der Waals surface area (Å²) in [6, 6.07) is 12.0. The van der Waals surface area contributed by atoms with Gasteiger partial charge in [0.2, 0.25) is 0 Å². The molecule has 2 atom stereocenters. The van der Waals surface area contributed by atoms with Crippen LogP contribution in [0.3, 0.4) is 0 Å². The molecule has 3 rings (SSSR count). The van der Waals surface area contributed by atoms with Gasteiger partial charge in [-0.25, -0.2) is 4.79 Å². The van der Waals surface area contributed by atoms with Gasteiger partial charge in [-0.05, 0) is 35.4 Å². The van der Waals surface area contributed by atoms with Gasteiger partial charge in [-0.3, -0.25) is 0 Å². The zero-order valence-electron chi connectivity index (χ0n) is 12.3. The minimum absolute atomic E-state index is 0.290. The minimum Gasteiger partial charge on any atom is -0.453 e. The first kappa shape index (κ1) is 16.8. The predicted molar refractivity (Wildman–Crippen MR) is 86.3 cm³/mol. The molecule has 0 unspecified atom stereocenters. The van der Waals surface area contributed by atoms with Crippen molar-refractivity contribution in [2.45, 2.75) is 18.2 Å². The number of ether oxygens (including phenoxy) is 1. The molecule has 1 aliphatic heterocycles. The van der Waals surface area contributed by atoms with Gasteiger partial charge in [0.05, 0.1) is 11.5 Å². The van der Waals surface area contributed by atoms with Crippen LogP contribution in [0.25, 0.3) is 0 Å². The van der Waals surface area contributed by atoms with E-state index < -0.39 is 29.7 Å². The second-order valence-corrected chi connectivity index (χ2v) is 6.42. The molecular weight excluding hydrogens is 385 g/mol. The van der Waals surface area contributed by atoms with Crippen LogP contribution in [0.1, 0.15) is 28.7 Å². The van der Waals surface area contributed by atoms with Gasteiger partial charge in [-0.15, -0.1) is 0 Å². The molecule has 1 saturated heterocycles. The van der Waals surface area contributed by atoms with Crippen LogP contribution < -0.4 is 0 Å². The van der Waals surface area contributed by atoms with Crippen LogP contribution in [0, 0.1) is 0 Å². The lowest BCUT2D eigenvalue weighted by Crippen LogP contribution is -2.09. The first-order chi connectivity index (χ1) is 11.3. The Labute approximate surface area is 145 Å². The second kappa shape index (κ2) is 6.09. The average Bonchev–Trinajstić information content (AvgIpc) is 2.82. The number of halogens is 4. The van der Waals surface area contributed by atoms with E-state index in [0.717, 1.165) is 22.2 Å². The lowest BCUT2D eigenvalue weighted by molar-refractivity contribution is -0.140. The van der Waals surface area contributed by atoms with E-state index >= 15 is 0 Å². The molecule has 0 N–H and O–H groups in total. The first-order valence-corrected chi connectivity index (χ1v) is 7.89. The Bertz CT molecular complexity index is 797. The van der Waals surface area contributed by atoms with Crippen LogP contribution >= 0.6 is 15.9 Å². The molecule has 2 nitrogen and oxygen atoms in total. The third kappa shape index (κ3) is 3.11. The largest absolute Gasteiger partial charge is 0.453 e. The van der Waals surface area contributed by atoms with Crippen LogP contribution in [0.5, 0.6) is 0 Å². The highest BCUT2D eigenvalue weighted by molar-refractivity contribution is 9.10. The molecule has 0 bridgehead atoms. The van der Waals surface area contributed by atoms with Crippen molar-refractivity contribution in [3.05, 3.63) is 81.8 Å². The minimum atomic E-state index is -4.40. The first-order valence-electron chi connectivity index (χ1n) is 7.10. The Morgan fingerprint density at radius 3 is 2.29 bits per heavy atom. The van der Waals surface area contributed by atoms with Gasteiger partial charge in [0, 0.05) is 10.0 Å². The topological polar surface area (TPSA) is 26.3 Å². The highest BCUT2D eigenvalue weighted by atomic mass is 79.9. The fourth-order valence-corrected chi connectivity index (χ4v) is 3.18. The van der Waals surface area contributed by atoms with Crippen LogP contribution in [0.2, 0.25) is 0 Å². The fraction of sp³-hybridized carbons (Fsp3) is 0.167. The zero-order chi connectivity index (χ0) is 17.5. The van der Waals surface area contributed by atoms with Crippen molar-refractivity contribution in [1.29, 1.82) is 0 Å². The summed E-state index contributed by atoms with van der Waals surface area (Å²) in [7, 11) is 0. The molecule has 6 heteroatoms. The van der Waals surface area contributed by atoms with E-state index in [1.807, 2.05) is 24.3 Å². The number of hydrogen-bond acceptors (Lipinski definition) is 2. The molecule has 0 aromatic heterocycles. The molecule has 1 heterocycles. The summed E-state index contributed by atoms with van der Waals surface area (Å²) < 4.78 is 44.3. The maximum absolute atomic E-state index is 12.7. The van der Waals surface area contributed by atoms with Gasteiger partial charge >= 0.3 is 12.1 Å².